The van der Waals surface area contributed by atoms with E-state index in [1.54, 1.807) is 6.20 Å². The zero-order valence-electron chi connectivity index (χ0n) is 12.2. The number of H-pyrrole nitrogens is 1. The number of aromatic nitrogens is 3. The standard InChI is InChI=1S/C16H16N4O2/c1-2-8-17-15(21)12-9-14-16(22)18-13(10-20(14)19-12)11-6-4-3-5-7-11/h3-7,9-10H,2,8H2,1H3,(H,17,21)(H,18,22). The van der Waals surface area contributed by atoms with Gasteiger partial charge in [-0.05, 0) is 12.0 Å². The number of benzene rings is 1. The predicted octanol–water partition coefficient (Wildman–Crippen LogP) is 1.83. The van der Waals surface area contributed by atoms with Crippen molar-refractivity contribution in [3.05, 3.63) is 58.6 Å². The third kappa shape index (κ3) is 2.63. The first kappa shape index (κ1) is 14.1. The van der Waals surface area contributed by atoms with Gasteiger partial charge >= 0.3 is 0 Å². The number of nitrogens with zero attached hydrogens (tertiary/aromatic N) is 2. The first-order valence-electron chi connectivity index (χ1n) is 7.15. The minimum atomic E-state index is -0.275. The van der Waals surface area contributed by atoms with Crippen LogP contribution in [0, 0.1) is 0 Å². The van der Waals surface area contributed by atoms with Crippen LogP contribution in [0.15, 0.2) is 47.4 Å². The van der Waals surface area contributed by atoms with Gasteiger partial charge in [0.1, 0.15) is 5.52 Å². The van der Waals surface area contributed by atoms with Gasteiger partial charge in [0.2, 0.25) is 0 Å². The Morgan fingerprint density at radius 3 is 2.82 bits per heavy atom. The molecule has 0 atom stereocenters. The van der Waals surface area contributed by atoms with Crippen LogP contribution in [0.5, 0.6) is 0 Å². The molecule has 112 valence electrons. The molecule has 0 aliphatic rings. The van der Waals surface area contributed by atoms with E-state index in [9.17, 15) is 9.59 Å². The van der Waals surface area contributed by atoms with Gasteiger partial charge in [0.25, 0.3) is 11.5 Å². The third-order valence-electron chi connectivity index (χ3n) is 3.32. The number of hydrogen-bond acceptors (Lipinski definition) is 3. The fourth-order valence-electron chi connectivity index (χ4n) is 2.21. The van der Waals surface area contributed by atoms with Crippen molar-refractivity contribution in [2.75, 3.05) is 6.54 Å². The fraction of sp³-hybridized carbons (Fsp3) is 0.188. The smallest absolute Gasteiger partial charge is 0.274 e. The number of hydrogen-bond donors (Lipinski definition) is 2. The lowest BCUT2D eigenvalue weighted by Crippen LogP contribution is -2.24. The van der Waals surface area contributed by atoms with Crippen LogP contribution in [0.25, 0.3) is 16.8 Å². The Labute approximate surface area is 126 Å². The van der Waals surface area contributed by atoms with Crippen LogP contribution < -0.4 is 10.9 Å². The Bertz CT molecular complexity index is 865. The van der Waals surface area contributed by atoms with Crippen molar-refractivity contribution >= 4 is 11.4 Å². The van der Waals surface area contributed by atoms with Crippen molar-refractivity contribution in [1.29, 1.82) is 0 Å². The fourth-order valence-corrected chi connectivity index (χ4v) is 2.21. The van der Waals surface area contributed by atoms with Crippen LogP contribution in [0.2, 0.25) is 0 Å². The monoisotopic (exact) mass is 296 g/mol. The maximum absolute atomic E-state index is 12.2. The van der Waals surface area contributed by atoms with Gasteiger partial charge in [-0.2, -0.15) is 5.10 Å². The molecule has 2 heterocycles. The van der Waals surface area contributed by atoms with E-state index in [1.165, 1.54) is 10.6 Å². The second kappa shape index (κ2) is 5.85. The molecule has 3 rings (SSSR count). The van der Waals surface area contributed by atoms with Gasteiger partial charge < -0.3 is 10.3 Å². The van der Waals surface area contributed by atoms with E-state index in [1.807, 2.05) is 37.3 Å². The normalized spacial score (nSPS) is 10.8. The summed E-state index contributed by atoms with van der Waals surface area (Å²) in [6.07, 6.45) is 2.56. The molecule has 0 fully saturated rings. The van der Waals surface area contributed by atoms with Crippen LogP contribution >= 0.6 is 0 Å². The number of fused-ring (bicyclic) bond motifs is 1. The predicted molar refractivity (Wildman–Crippen MR) is 83.9 cm³/mol. The lowest BCUT2D eigenvalue weighted by molar-refractivity contribution is 0.0948. The molecule has 0 unspecified atom stereocenters. The van der Waals surface area contributed by atoms with E-state index in [0.29, 0.717) is 17.8 Å². The molecule has 6 heteroatoms. The molecular formula is C16H16N4O2. The summed E-state index contributed by atoms with van der Waals surface area (Å²) in [7, 11) is 0. The summed E-state index contributed by atoms with van der Waals surface area (Å²) in [6.45, 7) is 2.55. The molecule has 2 N–H and O–H groups in total. The summed E-state index contributed by atoms with van der Waals surface area (Å²) in [5.41, 5.74) is 1.85. The van der Waals surface area contributed by atoms with E-state index >= 15 is 0 Å². The van der Waals surface area contributed by atoms with E-state index in [0.717, 1.165) is 12.0 Å². The average Bonchev–Trinajstić information content (AvgIpc) is 2.98. The summed E-state index contributed by atoms with van der Waals surface area (Å²) in [6, 6.07) is 11.0. The molecule has 6 nitrogen and oxygen atoms in total. The largest absolute Gasteiger partial charge is 0.351 e. The maximum Gasteiger partial charge on any atom is 0.274 e. The van der Waals surface area contributed by atoms with Gasteiger partial charge in [-0.25, -0.2) is 4.52 Å². The molecule has 1 amide bonds. The van der Waals surface area contributed by atoms with Crippen molar-refractivity contribution in [2.24, 2.45) is 0 Å². The number of aromatic amines is 1. The van der Waals surface area contributed by atoms with Gasteiger partial charge in [0.05, 0.1) is 11.9 Å². The SMILES string of the molecule is CCCNC(=O)c1cc2c(=O)[nH]c(-c3ccccc3)cn2n1. The molecule has 3 aromatic rings. The van der Waals surface area contributed by atoms with E-state index in [-0.39, 0.29) is 17.2 Å². The first-order chi connectivity index (χ1) is 10.7. The number of nitrogens with one attached hydrogen (secondary N) is 2. The van der Waals surface area contributed by atoms with Crippen LogP contribution in [0.3, 0.4) is 0 Å². The first-order valence-corrected chi connectivity index (χ1v) is 7.15. The summed E-state index contributed by atoms with van der Waals surface area (Å²) in [5, 5.41) is 6.95. The highest BCUT2D eigenvalue weighted by Gasteiger charge is 2.13. The summed E-state index contributed by atoms with van der Waals surface area (Å²) in [4.78, 5) is 26.9. The lowest BCUT2D eigenvalue weighted by atomic mass is 10.2. The van der Waals surface area contributed by atoms with Crippen molar-refractivity contribution in [1.82, 2.24) is 19.9 Å². The summed E-state index contributed by atoms with van der Waals surface area (Å²) >= 11 is 0. The van der Waals surface area contributed by atoms with E-state index < -0.39 is 0 Å². The molecule has 1 aromatic carbocycles. The topological polar surface area (TPSA) is 79.3 Å². The van der Waals surface area contributed by atoms with Gasteiger partial charge in [-0.1, -0.05) is 37.3 Å². The summed E-state index contributed by atoms with van der Waals surface area (Å²) < 4.78 is 1.45. The highest BCUT2D eigenvalue weighted by molar-refractivity contribution is 5.93. The highest BCUT2D eigenvalue weighted by atomic mass is 16.2. The Hall–Kier alpha value is -2.89. The van der Waals surface area contributed by atoms with Gasteiger partial charge in [-0.3, -0.25) is 9.59 Å². The molecule has 2 aromatic heterocycles. The molecule has 0 bridgehead atoms. The van der Waals surface area contributed by atoms with E-state index in [2.05, 4.69) is 15.4 Å². The zero-order chi connectivity index (χ0) is 15.5. The van der Waals surface area contributed by atoms with Crippen LogP contribution in [-0.2, 0) is 0 Å². The van der Waals surface area contributed by atoms with Crippen LogP contribution in [0.4, 0.5) is 0 Å². The Kier molecular flexibility index (Phi) is 3.74. The second-order valence-electron chi connectivity index (χ2n) is 4.98. The number of rotatable bonds is 4. The van der Waals surface area contributed by atoms with Crippen LogP contribution in [0.1, 0.15) is 23.8 Å². The Balaban J connectivity index is 2.04. The Morgan fingerprint density at radius 1 is 1.32 bits per heavy atom. The number of amides is 1. The molecule has 0 spiro atoms. The number of carbonyl (C=O) groups is 1. The Morgan fingerprint density at radius 2 is 2.09 bits per heavy atom. The van der Waals surface area contributed by atoms with Gasteiger partial charge in [0.15, 0.2) is 5.69 Å². The molecule has 0 saturated carbocycles. The minimum Gasteiger partial charge on any atom is -0.351 e. The van der Waals surface area contributed by atoms with Crippen molar-refractivity contribution < 1.29 is 4.79 Å². The molecule has 0 saturated heterocycles. The van der Waals surface area contributed by atoms with Crippen molar-refractivity contribution in [3.8, 4) is 11.3 Å². The van der Waals surface area contributed by atoms with Crippen LogP contribution in [-0.4, -0.2) is 27.0 Å². The number of carbonyl (C=O) groups excluding carboxylic acids is 1. The van der Waals surface area contributed by atoms with Gasteiger partial charge in [0, 0.05) is 12.6 Å². The quantitative estimate of drug-likeness (QED) is 0.771. The molecule has 0 radical (unpaired) electrons. The van der Waals surface area contributed by atoms with Gasteiger partial charge in [-0.15, -0.1) is 0 Å². The third-order valence-corrected chi connectivity index (χ3v) is 3.32. The molecule has 0 aliphatic heterocycles. The second-order valence-corrected chi connectivity index (χ2v) is 4.98. The molecular weight excluding hydrogens is 280 g/mol. The highest BCUT2D eigenvalue weighted by Crippen LogP contribution is 2.15. The zero-order valence-corrected chi connectivity index (χ0v) is 12.2. The molecule has 0 aliphatic carbocycles. The molecule has 22 heavy (non-hydrogen) atoms. The van der Waals surface area contributed by atoms with Crippen molar-refractivity contribution in [2.45, 2.75) is 13.3 Å². The summed E-state index contributed by atoms with van der Waals surface area (Å²) in [5.74, 6) is -0.272. The van der Waals surface area contributed by atoms with Crippen molar-refractivity contribution in [3.63, 3.8) is 0 Å². The average molecular weight is 296 g/mol. The van der Waals surface area contributed by atoms with E-state index in [4.69, 9.17) is 0 Å². The maximum atomic E-state index is 12.2. The lowest BCUT2D eigenvalue weighted by Gasteiger charge is -2.01. The minimum absolute atomic E-state index is 0.240.